The van der Waals surface area contributed by atoms with Crippen LogP contribution < -0.4 is 24.8 Å². The van der Waals surface area contributed by atoms with Crippen molar-refractivity contribution in [2.45, 2.75) is 43.4 Å². The molecule has 3 N–H and O–H groups in total. The summed E-state index contributed by atoms with van der Waals surface area (Å²) in [7, 11) is 0.176. The fourth-order valence-electron chi connectivity index (χ4n) is 4.16. The Morgan fingerprint density at radius 2 is 1.69 bits per heavy atom. The third-order valence-corrected chi connectivity index (χ3v) is 8.81. The van der Waals surface area contributed by atoms with Crippen LogP contribution in [0.4, 0.5) is 16.5 Å². The predicted molar refractivity (Wildman–Crippen MR) is 154 cm³/mol. The summed E-state index contributed by atoms with van der Waals surface area (Å²) in [5.74, 6) is -0.245. The van der Waals surface area contributed by atoms with Gasteiger partial charge in [-0.15, -0.1) is 11.3 Å². The van der Waals surface area contributed by atoms with E-state index in [-0.39, 0.29) is 33.7 Å². The molecule has 14 heteroatoms. The zero-order chi connectivity index (χ0) is 28.0. The van der Waals surface area contributed by atoms with Gasteiger partial charge in [-0.05, 0) is 67.7 Å². The molecule has 0 atom stereocenters. The Hall–Kier alpha value is -3.49. The molecule has 0 aliphatic heterocycles. The summed E-state index contributed by atoms with van der Waals surface area (Å²) < 4.78 is 43.3. The number of carbonyl (C=O) groups is 1. The fourth-order valence-corrected chi connectivity index (χ4v) is 6.72. The van der Waals surface area contributed by atoms with Gasteiger partial charge >= 0.3 is 12.0 Å². The predicted octanol–water partition coefficient (Wildman–Crippen LogP) is 4.61. The van der Waals surface area contributed by atoms with Crippen molar-refractivity contribution < 1.29 is 27.4 Å². The summed E-state index contributed by atoms with van der Waals surface area (Å²) in [5, 5.41) is 7.10. The van der Waals surface area contributed by atoms with Crippen molar-refractivity contribution in [3.63, 3.8) is 0 Å². The van der Waals surface area contributed by atoms with E-state index in [0.29, 0.717) is 16.3 Å². The number of fused-ring (bicyclic) bond motifs is 1. The van der Waals surface area contributed by atoms with E-state index in [1.807, 2.05) is 0 Å². The maximum atomic E-state index is 12.9. The molecule has 0 amide bonds. The van der Waals surface area contributed by atoms with E-state index in [9.17, 15) is 13.2 Å². The zero-order valence-corrected chi connectivity index (χ0v) is 24.1. The van der Waals surface area contributed by atoms with E-state index in [2.05, 4.69) is 25.3 Å². The van der Waals surface area contributed by atoms with Crippen molar-refractivity contribution in [3.05, 3.63) is 46.3 Å². The van der Waals surface area contributed by atoms with Gasteiger partial charge in [0.05, 0.1) is 31.8 Å². The van der Waals surface area contributed by atoms with Gasteiger partial charge in [0, 0.05) is 16.6 Å². The molecule has 4 rings (SSSR count). The third kappa shape index (κ3) is 6.94. The van der Waals surface area contributed by atoms with Gasteiger partial charge in [-0.25, -0.2) is 13.2 Å². The van der Waals surface area contributed by atoms with Crippen LogP contribution in [-0.4, -0.2) is 50.8 Å². The normalized spacial score (nSPS) is 13.3. The first-order valence-electron chi connectivity index (χ1n) is 12.1. The zero-order valence-electron chi connectivity index (χ0n) is 21.7. The second-order valence-electron chi connectivity index (χ2n) is 8.60. The molecule has 3 aromatic rings. The molecule has 2 aromatic heterocycles. The minimum Gasteiger partial charge on any atom is -0.481 e. The van der Waals surface area contributed by atoms with E-state index >= 15 is 0 Å². The monoisotopic (exact) mass is 591 g/mol. The van der Waals surface area contributed by atoms with E-state index in [4.69, 9.17) is 26.4 Å². The lowest BCUT2D eigenvalue weighted by atomic mass is 9.96. The number of nitrogens with one attached hydrogen (secondary N) is 3. The maximum absolute atomic E-state index is 12.9. The Bertz CT molecular complexity index is 1440. The summed E-state index contributed by atoms with van der Waals surface area (Å²) in [6.45, 7) is 0. The van der Waals surface area contributed by atoms with Gasteiger partial charge in [-0.3, -0.25) is 4.72 Å². The number of esters is 1. The van der Waals surface area contributed by atoms with Gasteiger partial charge in [0.1, 0.15) is 5.00 Å². The van der Waals surface area contributed by atoms with Crippen LogP contribution in [0.3, 0.4) is 0 Å². The van der Waals surface area contributed by atoms with Crippen LogP contribution in [0.1, 0.15) is 46.5 Å². The number of anilines is 3. The standard InChI is InChI=1S/C25H29N5O6S3/c1-34-20-14-19(27-24(28-20)36-3)30-39(32,33)16-12-10-15(11-13-16)26-25(37)29-22-21(23(31)35-2)17-8-6-4-5-7-9-18(17)38-22/h10-14H,4-9H2,1-3H3,(H2,26,29,37)(H,27,28,30). The van der Waals surface area contributed by atoms with E-state index < -0.39 is 10.0 Å². The minimum atomic E-state index is -3.96. The topological polar surface area (TPSA) is 141 Å². The SMILES string of the molecule is COC(=O)c1c(NC(=S)Nc2ccc(S(=O)(=O)Nc3cc(OC)nc(OC)n3)cc2)sc2c1CCCCCC2. The van der Waals surface area contributed by atoms with E-state index in [1.165, 1.54) is 62.2 Å². The van der Waals surface area contributed by atoms with Crippen molar-refractivity contribution in [1.82, 2.24) is 9.97 Å². The van der Waals surface area contributed by atoms with Gasteiger partial charge in [0.2, 0.25) is 5.88 Å². The Kier molecular flexibility index (Phi) is 9.20. The van der Waals surface area contributed by atoms with Crippen LogP contribution in [0.5, 0.6) is 11.9 Å². The number of carbonyl (C=O) groups excluding carboxylic acids is 1. The molecule has 1 aromatic carbocycles. The van der Waals surface area contributed by atoms with Gasteiger partial charge in [0.25, 0.3) is 10.0 Å². The fraction of sp³-hybridized carbons (Fsp3) is 0.360. The second-order valence-corrected chi connectivity index (χ2v) is 11.8. The number of nitrogens with zero attached hydrogens (tertiary/aromatic N) is 2. The lowest BCUT2D eigenvalue weighted by Gasteiger charge is -2.13. The molecule has 0 saturated heterocycles. The molecular formula is C25H29N5O6S3. The first-order chi connectivity index (χ1) is 18.7. The van der Waals surface area contributed by atoms with Crippen molar-refractivity contribution in [1.29, 1.82) is 0 Å². The molecule has 0 fully saturated rings. The summed E-state index contributed by atoms with van der Waals surface area (Å²) >= 11 is 7.02. The van der Waals surface area contributed by atoms with Gasteiger partial charge in [0.15, 0.2) is 10.9 Å². The smallest absolute Gasteiger partial charge is 0.341 e. The van der Waals surface area contributed by atoms with Crippen molar-refractivity contribution >= 4 is 61.2 Å². The molecule has 0 unspecified atom stereocenters. The molecule has 0 radical (unpaired) electrons. The van der Waals surface area contributed by atoms with Crippen LogP contribution in [-0.2, 0) is 27.6 Å². The molecule has 11 nitrogen and oxygen atoms in total. The van der Waals surface area contributed by atoms with Gasteiger partial charge < -0.3 is 24.8 Å². The van der Waals surface area contributed by atoms with Crippen molar-refractivity contribution in [2.75, 3.05) is 36.7 Å². The minimum absolute atomic E-state index is 0.00209. The number of aryl methyl sites for hydroxylation is 1. The Morgan fingerprint density at radius 3 is 2.36 bits per heavy atom. The van der Waals surface area contributed by atoms with Crippen LogP contribution in [0.25, 0.3) is 0 Å². The summed E-state index contributed by atoms with van der Waals surface area (Å²) in [5.41, 5.74) is 2.14. The molecule has 208 valence electrons. The summed E-state index contributed by atoms with van der Waals surface area (Å²) in [6.07, 6.45) is 6.18. The molecule has 2 heterocycles. The summed E-state index contributed by atoms with van der Waals surface area (Å²) in [6, 6.07) is 7.33. The molecule has 1 aliphatic rings. The number of aromatic nitrogens is 2. The number of hydrogen-bond donors (Lipinski definition) is 3. The molecule has 0 bridgehead atoms. The average Bonchev–Trinajstić information content (AvgIpc) is 3.23. The molecule has 1 aliphatic carbocycles. The number of rotatable bonds is 8. The lowest BCUT2D eigenvalue weighted by molar-refractivity contribution is 0.0601. The largest absolute Gasteiger partial charge is 0.481 e. The Labute approximate surface area is 236 Å². The highest BCUT2D eigenvalue weighted by atomic mass is 32.2. The highest BCUT2D eigenvalue weighted by Gasteiger charge is 2.25. The number of hydrogen-bond acceptors (Lipinski definition) is 10. The highest BCUT2D eigenvalue weighted by Crippen LogP contribution is 2.37. The van der Waals surface area contributed by atoms with Crippen molar-refractivity contribution in [2.24, 2.45) is 0 Å². The lowest BCUT2D eigenvalue weighted by Crippen LogP contribution is -2.20. The summed E-state index contributed by atoms with van der Waals surface area (Å²) in [4.78, 5) is 21.8. The number of thiophene rings is 1. The third-order valence-electron chi connectivity index (χ3n) is 6.02. The Balaban J connectivity index is 1.47. The van der Waals surface area contributed by atoms with Crippen LogP contribution in [0, 0.1) is 0 Å². The molecular weight excluding hydrogens is 563 g/mol. The van der Waals surface area contributed by atoms with E-state index in [0.717, 1.165) is 37.7 Å². The average molecular weight is 592 g/mol. The quantitative estimate of drug-likeness (QED) is 0.250. The first kappa shape index (κ1) is 28.5. The maximum Gasteiger partial charge on any atom is 0.341 e. The first-order valence-corrected chi connectivity index (χ1v) is 14.9. The Morgan fingerprint density at radius 1 is 0.974 bits per heavy atom. The van der Waals surface area contributed by atoms with E-state index in [1.54, 1.807) is 12.1 Å². The number of thiocarbonyl (C=S) groups is 1. The molecule has 0 spiro atoms. The number of ether oxygens (including phenoxy) is 3. The van der Waals surface area contributed by atoms with Crippen LogP contribution in [0.2, 0.25) is 0 Å². The van der Waals surface area contributed by atoms with Crippen molar-refractivity contribution in [3.8, 4) is 11.9 Å². The van der Waals surface area contributed by atoms with Crippen LogP contribution in [0.15, 0.2) is 35.2 Å². The van der Waals surface area contributed by atoms with Gasteiger partial charge in [-0.2, -0.15) is 9.97 Å². The second kappa shape index (κ2) is 12.6. The highest BCUT2D eigenvalue weighted by molar-refractivity contribution is 7.92. The van der Waals surface area contributed by atoms with Crippen LogP contribution >= 0.6 is 23.6 Å². The number of methoxy groups -OCH3 is 3. The van der Waals surface area contributed by atoms with Gasteiger partial charge in [-0.1, -0.05) is 12.8 Å². The molecule has 0 saturated carbocycles. The number of benzene rings is 1. The number of sulfonamides is 1. The molecule has 39 heavy (non-hydrogen) atoms.